The molecular weight excluding hydrogens is 254 g/mol. The van der Waals surface area contributed by atoms with Crippen molar-refractivity contribution in [1.29, 1.82) is 0 Å². The quantitative estimate of drug-likeness (QED) is 0.687. The smallest absolute Gasteiger partial charge is 0.240 e. The molecule has 7 heteroatoms. The van der Waals surface area contributed by atoms with Gasteiger partial charge in [-0.3, -0.25) is 4.79 Å². The number of carbonyl (C=O) groups excluding carboxylic acids is 1. The highest BCUT2D eigenvalue weighted by atomic mass is 32.2. The predicted octanol–water partition coefficient (Wildman–Crippen LogP) is 0.143. The molecule has 0 spiro atoms. The second-order valence-electron chi connectivity index (χ2n) is 3.56. The third-order valence-electron chi connectivity index (χ3n) is 2.23. The van der Waals surface area contributed by atoms with Crippen LogP contribution in [0.15, 0.2) is 29.2 Å². The zero-order chi connectivity index (χ0) is 13.6. The summed E-state index contributed by atoms with van der Waals surface area (Å²) in [5, 5.41) is 5.50. The molecule has 0 aromatic heterocycles. The first-order valence-electron chi connectivity index (χ1n) is 5.53. The second kappa shape index (κ2) is 6.48. The van der Waals surface area contributed by atoms with Gasteiger partial charge >= 0.3 is 0 Å². The summed E-state index contributed by atoms with van der Waals surface area (Å²) >= 11 is 0. The van der Waals surface area contributed by atoms with Gasteiger partial charge in [-0.2, -0.15) is 0 Å². The standard InChI is InChI=1S/C11H17N3O3S/c1-3-13-8-11(15)14-9-5-4-6-10(7-9)18(16,17)12-2/h4-7,12-13H,3,8H2,1-2H3,(H,14,15). The molecule has 0 aliphatic rings. The molecule has 0 bridgehead atoms. The molecule has 0 saturated carbocycles. The lowest BCUT2D eigenvalue weighted by molar-refractivity contribution is -0.115. The van der Waals surface area contributed by atoms with Crippen molar-refractivity contribution in [2.45, 2.75) is 11.8 Å². The minimum absolute atomic E-state index is 0.117. The zero-order valence-corrected chi connectivity index (χ0v) is 11.2. The predicted molar refractivity (Wildman–Crippen MR) is 69.9 cm³/mol. The van der Waals surface area contributed by atoms with Gasteiger partial charge in [-0.15, -0.1) is 0 Å². The summed E-state index contributed by atoms with van der Waals surface area (Å²) in [7, 11) is -2.15. The third kappa shape index (κ3) is 4.10. The van der Waals surface area contributed by atoms with Gasteiger partial charge in [-0.25, -0.2) is 13.1 Å². The molecule has 0 saturated heterocycles. The summed E-state index contributed by atoms with van der Waals surface area (Å²) in [6.07, 6.45) is 0. The van der Waals surface area contributed by atoms with E-state index in [0.717, 1.165) is 0 Å². The maximum Gasteiger partial charge on any atom is 0.240 e. The molecule has 1 rings (SSSR count). The largest absolute Gasteiger partial charge is 0.325 e. The van der Waals surface area contributed by atoms with E-state index in [1.54, 1.807) is 12.1 Å². The van der Waals surface area contributed by atoms with Gasteiger partial charge < -0.3 is 10.6 Å². The van der Waals surface area contributed by atoms with Crippen LogP contribution in [0.4, 0.5) is 5.69 Å². The highest BCUT2D eigenvalue weighted by molar-refractivity contribution is 7.89. The van der Waals surface area contributed by atoms with Gasteiger partial charge in [0.05, 0.1) is 11.4 Å². The Morgan fingerprint density at radius 2 is 2.06 bits per heavy atom. The lowest BCUT2D eigenvalue weighted by Gasteiger charge is -2.07. The van der Waals surface area contributed by atoms with E-state index >= 15 is 0 Å². The Labute approximate surface area is 107 Å². The van der Waals surface area contributed by atoms with Crippen LogP contribution in [-0.4, -0.2) is 34.5 Å². The molecule has 18 heavy (non-hydrogen) atoms. The molecule has 0 aliphatic heterocycles. The summed E-state index contributed by atoms with van der Waals surface area (Å²) < 4.78 is 25.4. The number of hydrogen-bond donors (Lipinski definition) is 3. The van der Waals surface area contributed by atoms with Crippen LogP contribution in [-0.2, 0) is 14.8 Å². The van der Waals surface area contributed by atoms with Crippen molar-refractivity contribution < 1.29 is 13.2 Å². The van der Waals surface area contributed by atoms with E-state index in [2.05, 4.69) is 15.4 Å². The number of anilines is 1. The van der Waals surface area contributed by atoms with Crippen molar-refractivity contribution in [2.75, 3.05) is 25.5 Å². The molecule has 1 amide bonds. The molecule has 1 aromatic carbocycles. The normalized spacial score (nSPS) is 11.2. The lowest BCUT2D eigenvalue weighted by Crippen LogP contribution is -2.27. The van der Waals surface area contributed by atoms with Crippen molar-refractivity contribution in [1.82, 2.24) is 10.0 Å². The number of amides is 1. The van der Waals surface area contributed by atoms with E-state index in [1.165, 1.54) is 19.2 Å². The number of likely N-dealkylation sites (N-methyl/N-ethyl adjacent to an activating group) is 1. The summed E-state index contributed by atoms with van der Waals surface area (Å²) in [6, 6.07) is 6.09. The van der Waals surface area contributed by atoms with E-state index < -0.39 is 10.0 Å². The topological polar surface area (TPSA) is 87.3 Å². The summed E-state index contributed by atoms with van der Waals surface area (Å²) in [4.78, 5) is 11.6. The number of sulfonamides is 1. The van der Waals surface area contributed by atoms with Crippen molar-refractivity contribution in [3.05, 3.63) is 24.3 Å². The van der Waals surface area contributed by atoms with Crippen LogP contribution in [0.1, 0.15) is 6.92 Å². The first kappa shape index (κ1) is 14.6. The van der Waals surface area contributed by atoms with E-state index in [-0.39, 0.29) is 17.3 Å². The Bertz CT molecular complexity index is 514. The summed E-state index contributed by atoms with van der Waals surface area (Å²) in [5.41, 5.74) is 0.453. The zero-order valence-electron chi connectivity index (χ0n) is 10.4. The maximum absolute atomic E-state index is 11.6. The SMILES string of the molecule is CCNCC(=O)Nc1cccc(S(=O)(=O)NC)c1. The van der Waals surface area contributed by atoms with Gasteiger partial charge in [-0.1, -0.05) is 13.0 Å². The molecule has 0 unspecified atom stereocenters. The molecule has 0 atom stereocenters. The minimum atomic E-state index is -3.49. The number of rotatable bonds is 6. The third-order valence-corrected chi connectivity index (χ3v) is 3.64. The molecule has 0 heterocycles. The fraction of sp³-hybridized carbons (Fsp3) is 0.364. The average molecular weight is 271 g/mol. The second-order valence-corrected chi connectivity index (χ2v) is 5.45. The number of nitrogens with one attached hydrogen (secondary N) is 3. The van der Waals surface area contributed by atoms with E-state index in [0.29, 0.717) is 12.2 Å². The Hall–Kier alpha value is -1.44. The van der Waals surface area contributed by atoms with E-state index in [4.69, 9.17) is 0 Å². The van der Waals surface area contributed by atoms with E-state index in [1.807, 2.05) is 6.92 Å². The van der Waals surface area contributed by atoms with E-state index in [9.17, 15) is 13.2 Å². The Balaban J connectivity index is 2.80. The Morgan fingerprint density at radius 1 is 1.33 bits per heavy atom. The molecular formula is C11H17N3O3S. The van der Waals surface area contributed by atoms with Crippen LogP contribution in [0.2, 0.25) is 0 Å². The Morgan fingerprint density at radius 3 is 2.67 bits per heavy atom. The number of benzene rings is 1. The maximum atomic E-state index is 11.6. The summed E-state index contributed by atoms with van der Waals surface area (Å²) in [5.74, 6) is -0.212. The monoisotopic (exact) mass is 271 g/mol. The van der Waals surface area contributed by atoms with Crippen molar-refractivity contribution in [2.24, 2.45) is 0 Å². The fourth-order valence-corrected chi connectivity index (χ4v) is 2.08. The van der Waals surface area contributed by atoms with Gasteiger partial charge in [0.1, 0.15) is 0 Å². The lowest BCUT2D eigenvalue weighted by atomic mass is 10.3. The van der Waals surface area contributed by atoms with Gasteiger partial charge in [-0.05, 0) is 31.8 Å². The fourth-order valence-electron chi connectivity index (χ4n) is 1.30. The molecule has 0 aliphatic carbocycles. The summed E-state index contributed by atoms with van der Waals surface area (Å²) in [6.45, 7) is 2.79. The molecule has 3 N–H and O–H groups in total. The molecule has 1 aromatic rings. The Kier molecular flexibility index (Phi) is 5.26. The molecule has 0 fully saturated rings. The van der Waals surface area contributed by atoms with Crippen LogP contribution in [0, 0.1) is 0 Å². The van der Waals surface area contributed by atoms with Crippen LogP contribution in [0.3, 0.4) is 0 Å². The van der Waals surface area contributed by atoms with Crippen molar-refractivity contribution in [3.8, 4) is 0 Å². The van der Waals surface area contributed by atoms with Crippen LogP contribution >= 0.6 is 0 Å². The molecule has 6 nitrogen and oxygen atoms in total. The molecule has 0 radical (unpaired) electrons. The van der Waals surface area contributed by atoms with Crippen molar-refractivity contribution in [3.63, 3.8) is 0 Å². The van der Waals surface area contributed by atoms with Gasteiger partial charge in [0, 0.05) is 5.69 Å². The van der Waals surface area contributed by atoms with Gasteiger partial charge in [0.15, 0.2) is 0 Å². The average Bonchev–Trinajstić information content (AvgIpc) is 2.36. The highest BCUT2D eigenvalue weighted by Gasteiger charge is 2.11. The van der Waals surface area contributed by atoms with Crippen LogP contribution < -0.4 is 15.4 Å². The highest BCUT2D eigenvalue weighted by Crippen LogP contribution is 2.14. The van der Waals surface area contributed by atoms with Gasteiger partial charge in [0.2, 0.25) is 15.9 Å². The van der Waals surface area contributed by atoms with Crippen molar-refractivity contribution >= 4 is 21.6 Å². The minimum Gasteiger partial charge on any atom is -0.325 e. The first-order valence-corrected chi connectivity index (χ1v) is 7.02. The van der Waals surface area contributed by atoms with Gasteiger partial charge in [0.25, 0.3) is 0 Å². The van der Waals surface area contributed by atoms with Crippen LogP contribution in [0.25, 0.3) is 0 Å². The van der Waals surface area contributed by atoms with Crippen LogP contribution in [0.5, 0.6) is 0 Å². The first-order chi connectivity index (χ1) is 8.49. The molecule has 100 valence electrons. The number of hydrogen-bond acceptors (Lipinski definition) is 4. The number of carbonyl (C=O) groups is 1.